The Morgan fingerprint density at radius 2 is 1.79 bits per heavy atom. The molecule has 1 saturated carbocycles. The second-order valence-electron chi connectivity index (χ2n) is 5.14. The van der Waals surface area contributed by atoms with Gasteiger partial charge in [-0.3, -0.25) is 4.90 Å². The Balaban J connectivity index is 2.18. The third-order valence-electron chi connectivity index (χ3n) is 3.51. The molecule has 0 atom stereocenters. The van der Waals surface area contributed by atoms with Gasteiger partial charge in [0.15, 0.2) is 0 Å². The second-order valence-corrected chi connectivity index (χ2v) is 5.14. The summed E-state index contributed by atoms with van der Waals surface area (Å²) in [5.74, 6) is 0. The molecular formula is C13H25F3N2O. The summed E-state index contributed by atoms with van der Waals surface area (Å²) in [6, 6.07) is 0.555. The Labute approximate surface area is 113 Å². The number of hydrogen-bond donors (Lipinski definition) is 1. The van der Waals surface area contributed by atoms with Crippen molar-refractivity contribution in [3.05, 3.63) is 0 Å². The van der Waals surface area contributed by atoms with Crippen LogP contribution in [-0.4, -0.2) is 50.0 Å². The molecule has 19 heavy (non-hydrogen) atoms. The van der Waals surface area contributed by atoms with E-state index in [0.717, 1.165) is 13.1 Å². The molecule has 0 bridgehead atoms. The van der Waals surface area contributed by atoms with Crippen molar-refractivity contribution in [3.63, 3.8) is 0 Å². The van der Waals surface area contributed by atoms with Crippen molar-refractivity contribution >= 4 is 0 Å². The van der Waals surface area contributed by atoms with E-state index < -0.39 is 12.8 Å². The normalized spacial score (nSPS) is 18.2. The van der Waals surface area contributed by atoms with Gasteiger partial charge < -0.3 is 10.5 Å². The van der Waals surface area contributed by atoms with Crippen LogP contribution in [0, 0.1) is 0 Å². The number of alkyl halides is 3. The summed E-state index contributed by atoms with van der Waals surface area (Å²) < 4.78 is 40.3. The van der Waals surface area contributed by atoms with Gasteiger partial charge in [-0.25, -0.2) is 0 Å². The first-order valence-corrected chi connectivity index (χ1v) is 7.11. The lowest BCUT2D eigenvalue weighted by Gasteiger charge is -2.34. The van der Waals surface area contributed by atoms with Crippen molar-refractivity contribution < 1.29 is 17.9 Å². The average molecular weight is 282 g/mol. The Bertz CT molecular complexity index is 230. The monoisotopic (exact) mass is 282 g/mol. The maximum atomic E-state index is 11.9. The van der Waals surface area contributed by atoms with Crippen LogP contribution in [0.15, 0.2) is 0 Å². The summed E-state index contributed by atoms with van der Waals surface area (Å²) in [6.45, 7) is 1.21. The number of hydrogen-bond acceptors (Lipinski definition) is 3. The maximum absolute atomic E-state index is 11.9. The van der Waals surface area contributed by atoms with Crippen LogP contribution in [0.3, 0.4) is 0 Å². The van der Waals surface area contributed by atoms with Gasteiger partial charge in [0.05, 0.1) is 0 Å². The fourth-order valence-corrected chi connectivity index (χ4v) is 2.65. The molecule has 1 fully saturated rings. The highest BCUT2D eigenvalue weighted by Gasteiger charge is 2.27. The lowest BCUT2D eigenvalue weighted by molar-refractivity contribution is -0.174. The molecule has 0 unspecified atom stereocenters. The summed E-state index contributed by atoms with van der Waals surface area (Å²) in [5.41, 5.74) is 5.60. The molecule has 114 valence electrons. The lowest BCUT2D eigenvalue weighted by atomic mass is 9.94. The van der Waals surface area contributed by atoms with Crippen molar-refractivity contribution in [1.29, 1.82) is 0 Å². The molecule has 3 nitrogen and oxygen atoms in total. The fourth-order valence-electron chi connectivity index (χ4n) is 2.65. The van der Waals surface area contributed by atoms with Crippen molar-refractivity contribution in [2.75, 3.05) is 32.8 Å². The zero-order chi connectivity index (χ0) is 14.1. The Kier molecular flexibility index (Phi) is 7.71. The van der Waals surface area contributed by atoms with Gasteiger partial charge in [-0.05, 0) is 19.3 Å². The van der Waals surface area contributed by atoms with Crippen LogP contribution in [0.25, 0.3) is 0 Å². The van der Waals surface area contributed by atoms with Crippen molar-refractivity contribution in [2.45, 2.75) is 50.7 Å². The molecule has 0 spiro atoms. The molecule has 2 N–H and O–H groups in total. The van der Waals surface area contributed by atoms with Crippen LogP contribution < -0.4 is 5.73 Å². The Morgan fingerprint density at radius 1 is 1.11 bits per heavy atom. The van der Waals surface area contributed by atoms with Gasteiger partial charge >= 0.3 is 6.18 Å². The minimum Gasteiger partial charge on any atom is -0.372 e. The van der Waals surface area contributed by atoms with Crippen LogP contribution in [0.5, 0.6) is 0 Å². The van der Waals surface area contributed by atoms with Crippen molar-refractivity contribution in [1.82, 2.24) is 4.90 Å². The van der Waals surface area contributed by atoms with Crippen molar-refractivity contribution in [3.8, 4) is 0 Å². The topological polar surface area (TPSA) is 38.5 Å². The number of nitrogens with two attached hydrogens (primary N) is 1. The van der Waals surface area contributed by atoms with E-state index in [2.05, 4.69) is 9.64 Å². The highest BCUT2D eigenvalue weighted by molar-refractivity contribution is 4.76. The average Bonchev–Trinajstić information content (AvgIpc) is 2.37. The predicted octanol–water partition coefficient (Wildman–Crippen LogP) is 2.55. The van der Waals surface area contributed by atoms with Crippen LogP contribution >= 0.6 is 0 Å². The molecule has 1 aliphatic rings. The molecule has 0 aliphatic heterocycles. The largest absolute Gasteiger partial charge is 0.411 e. The van der Waals surface area contributed by atoms with E-state index in [9.17, 15) is 13.2 Å². The van der Waals surface area contributed by atoms with E-state index in [4.69, 9.17) is 5.73 Å². The molecule has 1 rings (SSSR count). The van der Waals surface area contributed by atoms with Gasteiger partial charge in [-0.15, -0.1) is 0 Å². The molecule has 0 aromatic rings. The van der Waals surface area contributed by atoms with Gasteiger partial charge in [0.1, 0.15) is 6.61 Å². The summed E-state index contributed by atoms with van der Waals surface area (Å²) in [5, 5.41) is 0. The minimum absolute atomic E-state index is 0.160. The van der Waals surface area contributed by atoms with Gasteiger partial charge in [-0.2, -0.15) is 13.2 Å². The molecule has 6 heteroatoms. The zero-order valence-electron chi connectivity index (χ0n) is 11.4. The van der Waals surface area contributed by atoms with E-state index >= 15 is 0 Å². The minimum atomic E-state index is -4.22. The van der Waals surface area contributed by atoms with E-state index in [-0.39, 0.29) is 6.61 Å². The lowest BCUT2D eigenvalue weighted by Crippen LogP contribution is -2.41. The fraction of sp³-hybridized carbons (Fsp3) is 1.00. The van der Waals surface area contributed by atoms with Crippen LogP contribution in [0.2, 0.25) is 0 Å². The van der Waals surface area contributed by atoms with Gasteiger partial charge in [0.2, 0.25) is 0 Å². The van der Waals surface area contributed by atoms with Gasteiger partial charge in [0.25, 0.3) is 0 Å². The van der Waals surface area contributed by atoms with Gasteiger partial charge in [0, 0.05) is 32.3 Å². The maximum Gasteiger partial charge on any atom is 0.411 e. The number of rotatable bonds is 8. The van der Waals surface area contributed by atoms with Crippen molar-refractivity contribution in [2.24, 2.45) is 5.73 Å². The summed E-state index contributed by atoms with van der Waals surface area (Å²) >= 11 is 0. The Morgan fingerprint density at radius 3 is 2.37 bits per heavy atom. The molecule has 0 aromatic heterocycles. The molecule has 0 saturated heterocycles. The first-order valence-electron chi connectivity index (χ1n) is 7.11. The second kappa shape index (κ2) is 8.76. The summed E-state index contributed by atoms with van der Waals surface area (Å²) in [7, 11) is 0. The molecule has 0 radical (unpaired) electrons. The number of nitrogens with zero attached hydrogens (tertiary/aromatic N) is 1. The third-order valence-corrected chi connectivity index (χ3v) is 3.51. The standard InChI is InChI=1S/C13H25F3N2O/c14-13(15,16)11-19-10-4-8-18(9-7-17)12-5-2-1-3-6-12/h12H,1-11,17H2. The third kappa shape index (κ3) is 7.74. The molecule has 1 aliphatic carbocycles. The van der Waals surface area contributed by atoms with E-state index in [1.165, 1.54) is 32.1 Å². The Hall–Kier alpha value is -0.330. The van der Waals surface area contributed by atoms with E-state index in [1.807, 2.05) is 0 Å². The molecule has 0 amide bonds. The first kappa shape index (κ1) is 16.7. The van der Waals surface area contributed by atoms with Crippen LogP contribution in [0.4, 0.5) is 13.2 Å². The van der Waals surface area contributed by atoms with Crippen LogP contribution in [0.1, 0.15) is 38.5 Å². The summed E-state index contributed by atoms with van der Waals surface area (Å²) in [4.78, 5) is 2.32. The van der Waals surface area contributed by atoms with E-state index in [1.54, 1.807) is 0 Å². The van der Waals surface area contributed by atoms with Gasteiger partial charge in [-0.1, -0.05) is 19.3 Å². The predicted molar refractivity (Wildman–Crippen MR) is 69.0 cm³/mol. The smallest absolute Gasteiger partial charge is 0.372 e. The zero-order valence-corrected chi connectivity index (χ0v) is 11.4. The van der Waals surface area contributed by atoms with E-state index in [0.29, 0.717) is 19.0 Å². The highest BCUT2D eigenvalue weighted by atomic mass is 19.4. The highest BCUT2D eigenvalue weighted by Crippen LogP contribution is 2.22. The van der Waals surface area contributed by atoms with Crippen LogP contribution in [-0.2, 0) is 4.74 Å². The first-order chi connectivity index (χ1) is 9.03. The molecule has 0 heterocycles. The SMILES string of the molecule is NCCN(CCCOCC(F)(F)F)C1CCCCC1. The number of halogens is 3. The molecular weight excluding hydrogens is 257 g/mol. The number of ether oxygens (including phenoxy) is 1. The summed E-state index contributed by atoms with van der Waals surface area (Å²) in [6.07, 6.45) is 2.56. The molecule has 0 aromatic carbocycles. The quantitative estimate of drug-likeness (QED) is 0.695.